The number of esters is 1. The molecule has 1 aromatic heterocycles. The second-order valence-electron chi connectivity index (χ2n) is 6.64. The van der Waals surface area contributed by atoms with Crippen LogP contribution in [0.4, 0.5) is 0 Å². The van der Waals surface area contributed by atoms with E-state index in [9.17, 15) is 9.59 Å². The fraction of sp³-hybridized carbons (Fsp3) is 0.217. The monoisotopic (exact) mass is 583 g/mol. The summed E-state index contributed by atoms with van der Waals surface area (Å²) in [6, 6.07) is 17.6. The third kappa shape index (κ3) is 4.62. The van der Waals surface area contributed by atoms with E-state index in [0.717, 1.165) is 28.6 Å². The summed E-state index contributed by atoms with van der Waals surface area (Å²) < 4.78 is 15.8. The Morgan fingerprint density at radius 3 is 2.23 bits per heavy atom. The average molecular weight is 584 g/mol. The van der Waals surface area contributed by atoms with E-state index in [1.54, 1.807) is 0 Å². The van der Waals surface area contributed by atoms with E-state index >= 15 is 0 Å². The predicted molar refractivity (Wildman–Crippen MR) is 128 cm³/mol. The van der Waals surface area contributed by atoms with Crippen LogP contribution >= 0.6 is 36.2 Å². The van der Waals surface area contributed by atoms with Gasteiger partial charge in [0.05, 0.1) is 0 Å². The first kappa shape index (κ1) is 22.6. The molecule has 0 aliphatic rings. The molecule has 1 heterocycles. The van der Waals surface area contributed by atoms with E-state index in [1.807, 2.05) is 68.4 Å². The van der Waals surface area contributed by atoms with Crippen molar-refractivity contribution in [2.24, 2.45) is 0 Å². The molecule has 3 aromatic rings. The molecule has 0 bridgehead atoms. The number of carbonyl (C=O) groups excluding carboxylic acids is 2. The summed E-state index contributed by atoms with van der Waals surface area (Å²) in [6.45, 7) is 5.88. The van der Waals surface area contributed by atoms with Crippen molar-refractivity contribution >= 4 is 48.1 Å². The predicted octanol–water partition coefficient (Wildman–Crippen LogP) is 5.73. The Morgan fingerprint density at radius 1 is 1.00 bits per heavy atom. The quantitative estimate of drug-likeness (QED) is 0.275. The molecular weight excluding hydrogens is 561 g/mol. The number of methoxy groups -OCH3 is 1. The minimum atomic E-state index is -2.69. The van der Waals surface area contributed by atoms with Gasteiger partial charge in [-0.15, -0.1) is 0 Å². The van der Waals surface area contributed by atoms with E-state index in [4.69, 9.17) is 7.80 Å². The fourth-order valence-corrected chi connectivity index (χ4v) is 8.55. The fourth-order valence-electron chi connectivity index (χ4n) is 3.26. The summed E-state index contributed by atoms with van der Waals surface area (Å²) in [5, 5.41) is 0. The Kier molecular flexibility index (Phi) is 7.36. The third-order valence-corrected chi connectivity index (χ3v) is 10.7. The summed E-state index contributed by atoms with van der Waals surface area (Å²) in [5.41, 5.74) is 3.31. The molecule has 7 heteroatoms. The van der Waals surface area contributed by atoms with E-state index in [-0.39, 0.29) is 5.97 Å². The van der Waals surface area contributed by atoms with Crippen molar-refractivity contribution in [1.82, 2.24) is 4.57 Å². The molecular formula is C23H23BrINO4. The topological polar surface area (TPSA) is 57.5 Å². The zero-order valence-corrected chi connectivity index (χ0v) is 21.0. The van der Waals surface area contributed by atoms with Crippen LogP contribution in [-0.2, 0) is 19.1 Å². The van der Waals surface area contributed by atoms with Crippen LogP contribution in [0, 0.1) is 21.0 Å². The van der Waals surface area contributed by atoms with Gasteiger partial charge in [0.15, 0.2) is 0 Å². The number of hydrogen-bond acceptors (Lipinski definition) is 4. The van der Waals surface area contributed by atoms with Gasteiger partial charge in [0, 0.05) is 0 Å². The van der Waals surface area contributed by atoms with Crippen molar-refractivity contribution < 1.29 is 17.4 Å². The molecule has 0 radical (unpaired) electrons. The average Bonchev–Trinajstić information content (AvgIpc) is 2.98. The van der Waals surface area contributed by atoms with Gasteiger partial charge in [-0.3, -0.25) is 0 Å². The number of benzene rings is 2. The van der Waals surface area contributed by atoms with Crippen molar-refractivity contribution in [3.05, 3.63) is 88.7 Å². The molecule has 2 aromatic carbocycles. The Labute approximate surface area is 192 Å². The van der Waals surface area contributed by atoms with Gasteiger partial charge in [-0.25, -0.2) is 0 Å². The van der Waals surface area contributed by atoms with Crippen LogP contribution in [0.1, 0.15) is 34.2 Å². The van der Waals surface area contributed by atoms with Crippen molar-refractivity contribution in [1.29, 1.82) is 0 Å². The van der Waals surface area contributed by atoms with Gasteiger partial charge in [0.2, 0.25) is 0 Å². The number of nitrogens with zero attached hydrogens (tertiary/aromatic N) is 1. The SMILES string of the molecule is COC(=O)c1c(I(OC(C)=O)c2ccccc2)c(C)n(Cc2ccccc2Br)c1C. The standard InChI is InChI=1S/C23H23BrINO4/c1-15-21(23(28)29-4)22(25(30-17(3)27)19-11-6-5-7-12-19)16(2)26(15)14-18-10-8-9-13-20(18)24/h5-13H,14H2,1-4H3. The number of carbonyl (C=O) groups is 2. The molecule has 0 atom stereocenters. The zero-order chi connectivity index (χ0) is 21.8. The summed E-state index contributed by atoms with van der Waals surface area (Å²) in [6.07, 6.45) is 0. The Hall–Kier alpha value is -2.13. The second kappa shape index (κ2) is 9.78. The van der Waals surface area contributed by atoms with Crippen LogP contribution in [0.3, 0.4) is 0 Å². The van der Waals surface area contributed by atoms with Crippen LogP contribution < -0.4 is 0 Å². The summed E-state index contributed by atoms with van der Waals surface area (Å²) in [4.78, 5) is 24.8. The number of halogens is 2. The summed E-state index contributed by atoms with van der Waals surface area (Å²) in [7, 11) is 1.37. The molecule has 0 N–H and O–H groups in total. The van der Waals surface area contributed by atoms with Crippen molar-refractivity contribution in [3.63, 3.8) is 0 Å². The molecule has 158 valence electrons. The van der Waals surface area contributed by atoms with E-state index < -0.39 is 26.2 Å². The summed E-state index contributed by atoms with van der Waals surface area (Å²) in [5.74, 6) is -0.766. The van der Waals surface area contributed by atoms with Gasteiger partial charge in [0.1, 0.15) is 0 Å². The van der Waals surface area contributed by atoms with Crippen LogP contribution in [0.2, 0.25) is 0 Å². The number of ether oxygens (including phenoxy) is 1. The van der Waals surface area contributed by atoms with Crippen LogP contribution in [-0.4, -0.2) is 23.6 Å². The molecule has 0 saturated carbocycles. The first-order valence-electron chi connectivity index (χ1n) is 9.30. The number of aromatic nitrogens is 1. The van der Waals surface area contributed by atoms with Crippen LogP contribution in [0.25, 0.3) is 0 Å². The van der Waals surface area contributed by atoms with Crippen LogP contribution in [0.15, 0.2) is 59.1 Å². The van der Waals surface area contributed by atoms with E-state index in [1.165, 1.54) is 14.0 Å². The van der Waals surface area contributed by atoms with E-state index in [2.05, 4.69) is 20.5 Å². The maximum atomic E-state index is 12.8. The van der Waals surface area contributed by atoms with Crippen molar-refractivity contribution in [2.75, 3.05) is 7.11 Å². The Morgan fingerprint density at radius 2 is 1.63 bits per heavy atom. The molecule has 0 aliphatic heterocycles. The van der Waals surface area contributed by atoms with Gasteiger partial charge >= 0.3 is 193 Å². The molecule has 0 saturated heterocycles. The first-order valence-corrected chi connectivity index (χ1v) is 13.1. The number of rotatable bonds is 6. The molecule has 30 heavy (non-hydrogen) atoms. The van der Waals surface area contributed by atoms with Gasteiger partial charge in [0.25, 0.3) is 0 Å². The van der Waals surface area contributed by atoms with Gasteiger partial charge < -0.3 is 0 Å². The molecule has 0 amide bonds. The molecule has 0 spiro atoms. The van der Waals surface area contributed by atoms with E-state index in [0.29, 0.717) is 12.1 Å². The molecule has 5 nitrogen and oxygen atoms in total. The maximum absolute atomic E-state index is 12.8. The van der Waals surface area contributed by atoms with Crippen molar-refractivity contribution in [3.8, 4) is 0 Å². The molecule has 0 unspecified atom stereocenters. The normalized spacial score (nSPS) is 11.2. The van der Waals surface area contributed by atoms with Gasteiger partial charge in [-0.2, -0.15) is 0 Å². The van der Waals surface area contributed by atoms with Gasteiger partial charge in [-0.1, -0.05) is 0 Å². The molecule has 0 aliphatic carbocycles. The molecule has 0 fully saturated rings. The Balaban J connectivity index is 2.22. The van der Waals surface area contributed by atoms with Crippen molar-refractivity contribution in [2.45, 2.75) is 27.3 Å². The number of hydrogen-bond donors (Lipinski definition) is 0. The van der Waals surface area contributed by atoms with Gasteiger partial charge in [-0.05, 0) is 0 Å². The van der Waals surface area contributed by atoms with Crippen LogP contribution in [0.5, 0.6) is 0 Å². The third-order valence-electron chi connectivity index (χ3n) is 4.67. The molecule has 3 rings (SSSR count). The second-order valence-corrected chi connectivity index (χ2v) is 11.7. The summed E-state index contributed by atoms with van der Waals surface area (Å²) >= 11 is 0.913. The Bertz CT molecular complexity index is 1080. The minimum absolute atomic E-state index is 0.351. The zero-order valence-electron chi connectivity index (χ0n) is 17.2. The first-order chi connectivity index (χ1) is 14.3.